The first-order valence-corrected chi connectivity index (χ1v) is 3.05. The van der Waals surface area contributed by atoms with Crippen LogP contribution >= 0.6 is 0 Å². The minimum absolute atomic E-state index is 0.991. The summed E-state index contributed by atoms with van der Waals surface area (Å²) >= 11 is 0. The van der Waals surface area contributed by atoms with E-state index in [2.05, 4.69) is 4.74 Å². The van der Waals surface area contributed by atoms with Crippen molar-refractivity contribution in [3.8, 4) is 0 Å². The molecule has 1 unspecified atom stereocenters. The Balaban J connectivity index is 3.99. The van der Waals surface area contributed by atoms with Crippen LogP contribution in [0.25, 0.3) is 0 Å². The topological polar surface area (TPSA) is 29.5 Å². The third-order valence-electron chi connectivity index (χ3n) is 0.745. The Morgan fingerprint density at radius 1 is 1.18 bits per heavy atom. The van der Waals surface area contributed by atoms with E-state index in [0.29, 0.717) is 0 Å². The summed E-state index contributed by atoms with van der Waals surface area (Å²) in [6, 6.07) is 0. The van der Waals surface area contributed by atoms with Gasteiger partial charge >= 0.3 is 6.18 Å². The molecule has 0 aliphatic heterocycles. The van der Waals surface area contributed by atoms with E-state index in [1.165, 1.54) is 20.8 Å². The highest BCUT2D eigenvalue weighted by Gasteiger charge is 2.41. The summed E-state index contributed by atoms with van der Waals surface area (Å²) in [5.41, 5.74) is -0.991. The Labute approximate surface area is 63.0 Å². The van der Waals surface area contributed by atoms with Gasteiger partial charge in [-0.3, -0.25) is 0 Å². The molecule has 0 radical (unpaired) electrons. The van der Waals surface area contributed by atoms with Crippen molar-refractivity contribution in [3.05, 3.63) is 0 Å². The summed E-state index contributed by atoms with van der Waals surface area (Å²) in [5.74, 6) is 0. The molecule has 0 amide bonds. The molecule has 11 heavy (non-hydrogen) atoms. The quantitative estimate of drug-likeness (QED) is 0.610. The van der Waals surface area contributed by atoms with Gasteiger partial charge in [-0.2, -0.15) is 13.2 Å². The summed E-state index contributed by atoms with van der Waals surface area (Å²) in [4.78, 5) is 0. The van der Waals surface area contributed by atoms with E-state index >= 15 is 0 Å². The first-order chi connectivity index (χ1) is 4.63. The Morgan fingerprint density at radius 3 is 1.64 bits per heavy atom. The monoisotopic (exact) mass is 172 g/mol. The molecule has 0 heterocycles. The van der Waals surface area contributed by atoms with Crippen LogP contribution in [-0.4, -0.2) is 23.2 Å². The third kappa shape index (κ3) is 5.03. The molecule has 0 saturated carbocycles. The number of hydrogen-bond acceptors (Lipinski definition) is 2. The lowest BCUT2D eigenvalue weighted by Crippen LogP contribution is -2.37. The average molecular weight is 172 g/mol. The van der Waals surface area contributed by atoms with E-state index in [1.807, 2.05) is 0 Å². The number of aliphatic hydroxyl groups is 1. The van der Waals surface area contributed by atoms with Gasteiger partial charge in [0.2, 0.25) is 0 Å². The van der Waals surface area contributed by atoms with Crippen LogP contribution in [0.2, 0.25) is 0 Å². The smallest absolute Gasteiger partial charge is 0.361 e. The molecule has 1 atom stereocenters. The fraction of sp³-hybridized carbons (Fsp3) is 1.00. The van der Waals surface area contributed by atoms with Gasteiger partial charge < -0.3 is 9.84 Å². The van der Waals surface area contributed by atoms with Crippen molar-refractivity contribution in [3.63, 3.8) is 0 Å². The first-order valence-electron chi connectivity index (χ1n) is 3.05. The molecule has 0 aromatic carbocycles. The standard InChI is InChI=1S/C6H11F3O2/c1-5(2,3)11-4(10)6(7,8)9/h4,10H,1-3H3. The van der Waals surface area contributed by atoms with E-state index < -0.39 is 18.1 Å². The van der Waals surface area contributed by atoms with Crippen LogP contribution in [0.15, 0.2) is 0 Å². The number of ether oxygens (including phenoxy) is 1. The minimum atomic E-state index is -4.70. The van der Waals surface area contributed by atoms with Crippen LogP contribution in [0.1, 0.15) is 20.8 Å². The normalized spacial score (nSPS) is 16.6. The summed E-state index contributed by atoms with van der Waals surface area (Å²) in [5, 5.41) is 8.37. The van der Waals surface area contributed by atoms with Gasteiger partial charge in [-0.05, 0) is 20.8 Å². The van der Waals surface area contributed by atoms with Gasteiger partial charge in [-0.25, -0.2) is 0 Å². The molecule has 0 aliphatic rings. The molecule has 0 aromatic rings. The van der Waals surface area contributed by atoms with Crippen LogP contribution in [0.4, 0.5) is 13.2 Å². The van der Waals surface area contributed by atoms with Crippen molar-refractivity contribution in [2.24, 2.45) is 0 Å². The Bertz CT molecular complexity index is 125. The average Bonchev–Trinajstić information content (AvgIpc) is 1.56. The predicted octanol–water partition coefficient (Wildman–Crippen LogP) is 1.68. The van der Waals surface area contributed by atoms with Crippen molar-refractivity contribution in [1.29, 1.82) is 0 Å². The molecule has 0 spiro atoms. The maximum Gasteiger partial charge on any atom is 0.439 e. The van der Waals surface area contributed by atoms with E-state index in [4.69, 9.17) is 5.11 Å². The van der Waals surface area contributed by atoms with E-state index in [9.17, 15) is 13.2 Å². The molecular formula is C6H11F3O2. The highest BCUT2D eigenvalue weighted by Crippen LogP contribution is 2.24. The molecule has 68 valence electrons. The fourth-order valence-corrected chi connectivity index (χ4v) is 0.402. The second kappa shape index (κ2) is 2.98. The summed E-state index contributed by atoms with van der Waals surface area (Å²) in [6.07, 6.45) is -7.39. The molecule has 0 aromatic heterocycles. The van der Waals surface area contributed by atoms with Crippen molar-refractivity contribution < 1.29 is 23.0 Å². The summed E-state index contributed by atoms with van der Waals surface area (Å²) in [6.45, 7) is 4.30. The number of rotatable bonds is 1. The van der Waals surface area contributed by atoms with Gasteiger partial charge in [0.25, 0.3) is 6.29 Å². The van der Waals surface area contributed by atoms with Gasteiger partial charge in [0.15, 0.2) is 0 Å². The molecule has 0 bridgehead atoms. The Hall–Kier alpha value is -0.290. The Kier molecular flexibility index (Phi) is 2.91. The van der Waals surface area contributed by atoms with Gasteiger partial charge in [0.1, 0.15) is 0 Å². The molecule has 0 saturated heterocycles. The maximum atomic E-state index is 11.6. The molecule has 5 heteroatoms. The van der Waals surface area contributed by atoms with Crippen molar-refractivity contribution in [2.75, 3.05) is 0 Å². The van der Waals surface area contributed by atoms with Gasteiger partial charge in [0, 0.05) is 0 Å². The lowest BCUT2D eigenvalue weighted by Gasteiger charge is -2.25. The molecule has 1 N–H and O–H groups in total. The van der Waals surface area contributed by atoms with Crippen molar-refractivity contribution in [2.45, 2.75) is 38.8 Å². The SMILES string of the molecule is CC(C)(C)OC(O)C(F)(F)F. The van der Waals surface area contributed by atoms with Gasteiger partial charge in [0.05, 0.1) is 5.60 Å². The molecule has 0 aliphatic carbocycles. The van der Waals surface area contributed by atoms with Crippen LogP contribution in [0.5, 0.6) is 0 Å². The summed E-state index contributed by atoms with van der Waals surface area (Å²) < 4.78 is 39.0. The molecule has 0 fully saturated rings. The third-order valence-corrected chi connectivity index (χ3v) is 0.745. The number of alkyl halides is 3. The van der Waals surface area contributed by atoms with Crippen LogP contribution in [0, 0.1) is 0 Å². The zero-order valence-corrected chi connectivity index (χ0v) is 6.57. The number of halogens is 3. The summed E-state index contributed by atoms with van der Waals surface area (Å²) in [7, 11) is 0. The van der Waals surface area contributed by atoms with Gasteiger partial charge in [-0.1, -0.05) is 0 Å². The molecule has 2 nitrogen and oxygen atoms in total. The highest BCUT2D eigenvalue weighted by atomic mass is 19.4. The second-order valence-corrected chi connectivity index (χ2v) is 3.12. The second-order valence-electron chi connectivity index (χ2n) is 3.12. The fourth-order valence-electron chi connectivity index (χ4n) is 0.402. The lowest BCUT2D eigenvalue weighted by molar-refractivity contribution is -0.316. The largest absolute Gasteiger partial charge is 0.439 e. The van der Waals surface area contributed by atoms with Crippen LogP contribution in [-0.2, 0) is 4.74 Å². The van der Waals surface area contributed by atoms with E-state index in [1.54, 1.807) is 0 Å². The number of hydrogen-bond donors (Lipinski definition) is 1. The van der Waals surface area contributed by atoms with Crippen molar-refractivity contribution >= 4 is 0 Å². The molecule has 0 rings (SSSR count). The predicted molar refractivity (Wildman–Crippen MR) is 32.9 cm³/mol. The highest BCUT2D eigenvalue weighted by molar-refractivity contribution is 4.63. The number of aliphatic hydroxyl groups excluding tert-OH is 1. The zero-order valence-electron chi connectivity index (χ0n) is 6.57. The zero-order chi connectivity index (χ0) is 9.28. The van der Waals surface area contributed by atoms with Gasteiger partial charge in [-0.15, -0.1) is 0 Å². The van der Waals surface area contributed by atoms with E-state index in [0.717, 1.165) is 0 Å². The van der Waals surface area contributed by atoms with E-state index in [-0.39, 0.29) is 0 Å². The maximum absolute atomic E-state index is 11.6. The minimum Gasteiger partial charge on any atom is -0.361 e. The van der Waals surface area contributed by atoms with Crippen molar-refractivity contribution in [1.82, 2.24) is 0 Å². The van der Waals surface area contributed by atoms with Crippen LogP contribution in [0.3, 0.4) is 0 Å². The Morgan fingerprint density at radius 2 is 1.55 bits per heavy atom. The lowest BCUT2D eigenvalue weighted by atomic mass is 10.2. The first kappa shape index (κ1) is 10.7. The van der Waals surface area contributed by atoms with Crippen LogP contribution < -0.4 is 0 Å². The molecular weight excluding hydrogens is 161 g/mol.